The summed E-state index contributed by atoms with van der Waals surface area (Å²) >= 11 is 0. The molecule has 1 saturated heterocycles. The molecule has 4 nitrogen and oxygen atoms in total. The summed E-state index contributed by atoms with van der Waals surface area (Å²) < 4.78 is 0. The van der Waals surface area contributed by atoms with Crippen molar-refractivity contribution in [2.24, 2.45) is 0 Å². The zero-order chi connectivity index (χ0) is 17.6. The number of Topliss-reactive ketones (excluding diaryl/α,β-unsaturated/α-hetero) is 1. The van der Waals surface area contributed by atoms with E-state index in [2.05, 4.69) is 5.32 Å². The highest BCUT2D eigenvalue weighted by Crippen LogP contribution is 2.22. The van der Waals surface area contributed by atoms with Crippen LogP contribution in [0.1, 0.15) is 35.7 Å². The first-order chi connectivity index (χ1) is 12.2. The van der Waals surface area contributed by atoms with E-state index in [-0.39, 0.29) is 23.8 Å². The number of likely N-dealkylation sites (tertiary alicyclic amines) is 1. The Hall–Kier alpha value is -2.46. The van der Waals surface area contributed by atoms with E-state index in [0.717, 1.165) is 24.9 Å². The van der Waals surface area contributed by atoms with Crippen molar-refractivity contribution in [2.75, 3.05) is 6.54 Å². The smallest absolute Gasteiger partial charge is 0.237 e. The molecule has 2 aromatic rings. The monoisotopic (exact) mass is 336 g/mol. The van der Waals surface area contributed by atoms with Crippen LogP contribution in [-0.2, 0) is 11.3 Å². The van der Waals surface area contributed by atoms with Gasteiger partial charge in [0.05, 0.1) is 12.1 Å². The van der Waals surface area contributed by atoms with Crippen molar-refractivity contribution in [3.8, 4) is 0 Å². The Balaban J connectivity index is 1.63. The molecule has 25 heavy (non-hydrogen) atoms. The van der Waals surface area contributed by atoms with Crippen molar-refractivity contribution in [3.05, 3.63) is 71.8 Å². The number of ketones is 1. The van der Waals surface area contributed by atoms with Crippen molar-refractivity contribution in [2.45, 2.75) is 38.4 Å². The minimum Gasteiger partial charge on any atom is -0.351 e. The number of hydrogen-bond donors (Lipinski definition) is 1. The van der Waals surface area contributed by atoms with Crippen LogP contribution in [0.2, 0.25) is 0 Å². The molecule has 0 radical (unpaired) electrons. The van der Waals surface area contributed by atoms with Crippen LogP contribution in [-0.4, -0.2) is 35.2 Å². The van der Waals surface area contributed by atoms with Crippen molar-refractivity contribution >= 4 is 11.7 Å². The molecule has 0 bridgehead atoms. The highest BCUT2D eigenvalue weighted by molar-refractivity contribution is 6.00. The van der Waals surface area contributed by atoms with Gasteiger partial charge in [-0.3, -0.25) is 14.5 Å². The predicted molar refractivity (Wildman–Crippen MR) is 98.3 cm³/mol. The molecule has 0 saturated carbocycles. The molecule has 1 aliphatic rings. The third-order valence-corrected chi connectivity index (χ3v) is 4.84. The third kappa shape index (κ3) is 4.15. The van der Waals surface area contributed by atoms with Crippen LogP contribution in [0.3, 0.4) is 0 Å². The van der Waals surface area contributed by atoms with Gasteiger partial charge in [0, 0.05) is 12.1 Å². The van der Waals surface area contributed by atoms with Crippen molar-refractivity contribution < 1.29 is 9.59 Å². The average Bonchev–Trinajstić information content (AvgIpc) is 3.16. The Labute approximate surface area is 148 Å². The van der Waals surface area contributed by atoms with Gasteiger partial charge < -0.3 is 5.32 Å². The summed E-state index contributed by atoms with van der Waals surface area (Å²) in [5, 5.41) is 3.01. The number of carbonyl (C=O) groups is 2. The molecule has 1 heterocycles. The summed E-state index contributed by atoms with van der Waals surface area (Å²) in [7, 11) is 0. The zero-order valence-electron chi connectivity index (χ0n) is 14.5. The van der Waals surface area contributed by atoms with Gasteiger partial charge in [0.2, 0.25) is 5.91 Å². The Morgan fingerprint density at radius 1 is 1.08 bits per heavy atom. The maximum absolute atomic E-state index is 12.7. The number of benzene rings is 2. The second kappa shape index (κ2) is 8.08. The molecular weight excluding hydrogens is 312 g/mol. The lowest BCUT2D eigenvalue weighted by molar-refractivity contribution is -0.126. The molecule has 1 unspecified atom stereocenters. The minimum absolute atomic E-state index is 0.00839. The fourth-order valence-corrected chi connectivity index (χ4v) is 3.43. The van der Waals surface area contributed by atoms with E-state index in [4.69, 9.17) is 0 Å². The molecular formula is C21H24N2O2. The van der Waals surface area contributed by atoms with Gasteiger partial charge in [0.1, 0.15) is 0 Å². The zero-order valence-corrected chi connectivity index (χ0v) is 14.5. The molecule has 0 aliphatic carbocycles. The first-order valence-corrected chi connectivity index (χ1v) is 8.83. The van der Waals surface area contributed by atoms with Crippen LogP contribution in [0.15, 0.2) is 60.7 Å². The summed E-state index contributed by atoms with van der Waals surface area (Å²) in [6.07, 6.45) is 1.74. The van der Waals surface area contributed by atoms with E-state index in [9.17, 15) is 9.59 Å². The summed E-state index contributed by atoms with van der Waals surface area (Å²) in [5.41, 5.74) is 1.78. The third-order valence-electron chi connectivity index (χ3n) is 4.84. The van der Waals surface area contributed by atoms with Crippen LogP contribution in [0.5, 0.6) is 0 Å². The Bertz CT molecular complexity index is 715. The lowest BCUT2D eigenvalue weighted by atomic mass is 10.0. The maximum Gasteiger partial charge on any atom is 0.237 e. The number of carbonyl (C=O) groups excluding carboxylic acids is 2. The molecule has 1 N–H and O–H groups in total. The number of rotatable bonds is 6. The van der Waals surface area contributed by atoms with Crippen LogP contribution in [0.4, 0.5) is 0 Å². The van der Waals surface area contributed by atoms with Gasteiger partial charge in [0.25, 0.3) is 0 Å². The summed E-state index contributed by atoms with van der Waals surface area (Å²) in [6.45, 7) is 3.20. The number of nitrogens with zero attached hydrogens (tertiary/aromatic N) is 1. The van der Waals surface area contributed by atoms with Crippen LogP contribution in [0, 0.1) is 0 Å². The van der Waals surface area contributed by atoms with Gasteiger partial charge in [-0.2, -0.15) is 0 Å². The van der Waals surface area contributed by atoms with Gasteiger partial charge in [0.15, 0.2) is 5.78 Å². The standard InChI is InChI=1S/C21H24N2O2/c1-16(20(24)18-11-6-3-7-12-18)23-14-8-13-19(23)21(25)22-15-17-9-4-2-5-10-17/h2-7,9-12,16,19H,8,13-15H2,1H3,(H,22,25)/t16?,19-/m0/s1. The average molecular weight is 336 g/mol. The van der Waals surface area contributed by atoms with Gasteiger partial charge in [-0.15, -0.1) is 0 Å². The quantitative estimate of drug-likeness (QED) is 0.825. The van der Waals surface area contributed by atoms with Gasteiger partial charge in [-0.05, 0) is 31.9 Å². The van der Waals surface area contributed by atoms with E-state index >= 15 is 0 Å². The van der Waals surface area contributed by atoms with Crippen LogP contribution < -0.4 is 5.32 Å². The number of nitrogens with one attached hydrogen (secondary N) is 1. The van der Waals surface area contributed by atoms with E-state index in [0.29, 0.717) is 12.1 Å². The van der Waals surface area contributed by atoms with Crippen LogP contribution in [0.25, 0.3) is 0 Å². The second-order valence-corrected chi connectivity index (χ2v) is 6.51. The van der Waals surface area contributed by atoms with Crippen molar-refractivity contribution in [1.82, 2.24) is 10.2 Å². The van der Waals surface area contributed by atoms with Gasteiger partial charge >= 0.3 is 0 Å². The summed E-state index contributed by atoms with van der Waals surface area (Å²) in [6, 6.07) is 18.7. The van der Waals surface area contributed by atoms with Crippen molar-refractivity contribution in [3.63, 3.8) is 0 Å². The van der Waals surface area contributed by atoms with Gasteiger partial charge in [-0.25, -0.2) is 0 Å². The number of amides is 1. The molecule has 0 aromatic heterocycles. The molecule has 130 valence electrons. The highest BCUT2D eigenvalue weighted by Gasteiger charge is 2.36. The first-order valence-electron chi connectivity index (χ1n) is 8.83. The second-order valence-electron chi connectivity index (χ2n) is 6.51. The SMILES string of the molecule is CC(C(=O)c1ccccc1)N1CCC[C@H]1C(=O)NCc1ccccc1. The highest BCUT2D eigenvalue weighted by atomic mass is 16.2. The predicted octanol–water partition coefficient (Wildman–Crippen LogP) is 3.04. The van der Waals surface area contributed by atoms with E-state index < -0.39 is 0 Å². The lowest BCUT2D eigenvalue weighted by Gasteiger charge is -2.29. The van der Waals surface area contributed by atoms with Crippen molar-refractivity contribution in [1.29, 1.82) is 0 Å². The van der Waals surface area contributed by atoms with Crippen LogP contribution >= 0.6 is 0 Å². The fourth-order valence-electron chi connectivity index (χ4n) is 3.43. The minimum atomic E-state index is -0.294. The molecule has 0 spiro atoms. The maximum atomic E-state index is 12.7. The molecule has 4 heteroatoms. The normalized spacial score (nSPS) is 18.7. The Morgan fingerprint density at radius 3 is 2.40 bits per heavy atom. The molecule has 3 rings (SSSR count). The van der Waals surface area contributed by atoms with E-state index in [1.807, 2.05) is 72.5 Å². The Morgan fingerprint density at radius 2 is 1.72 bits per heavy atom. The van der Waals surface area contributed by atoms with E-state index in [1.165, 1.54) is 0 Å². The molecule has 1 fully saturated rings. The Kier molecular flexibility index (Phi) is 5.61. The molecule has 2 aromatic carbocycles. The molecule has 1 amide bonds. The largest absolute Gasteiger partial charge is 0.351 e. The molecule has 1 aliphatic heterocycles. The molecule has 2 atom stereocenters. The fraction of sp³-hybridized carbons (Fsp3) is 0.333. The summed E-state index contributed by atoms with van der Waals surface area (Å²) in [4.78, 5) is 27.4. The van der Waals surface area contributed by atoms with E-state index in [1.54, 1.807) is 0 Å². The topological polar surface area (TPSA) is 49.4 Å². The lowest BCUT2D eigenvalue weighted by Crippen LogP contribution is -2.49. The van der Waals surface area contributed by atoms with Gasteiger partial charge in [-0.1, -0.05) is 60.7 Å². The first kappa shape index (κ1) is 17.4. The number of hydrogen-bond acceptors (Lipinski definition) is 3. The summed E-state index contributed by atoms with van der Waals surface area (Å²) in [5.74, 6) is 0.0809.